The molecular weight excluding hydrogens is 242 g/mol. The fourth-order valence-electron chi connectivity index (χ4n) is 2.70. The lowest BCUT2D eigenvalue weighted by Gasteiger charge is -2.29. The van der Waals surface area contributed by atoms with E-state index in [-0.39, 0.29) is 0 Å². The van der Waals surface area contributed by atoms with Crippen LogP contribution in [-0.2, 0) is 4.74 Å². The van der Waals surface area contributed by atoms with Crippen molar-refractivity contribution in [3.8, 4) is 5.75 Å². The molecule has 19 heavy (non-hydrogen) atoms. The van der Waals surface area contributed by atoms with Gasteiger partial charge in [-0.1, -0.05) is 0 Å². The molecule has 1 atom stereocenters. The molecule has 1 aliphatic heterocycles. The van der Waals surface area contributed by atoms with E-state index < -0.39 is 6.10 Å². The van der Waals surface area contributed by atoms with Crippen LogP contribution in [0.15, 0.2) is 12.1 Å². The SMILES string of the molecule is COc1cc(C)c(C(O)CN2CCOCC2)c(C)c1. The minimum absolute atomic E-state index is 0.455. The highest BCUT2D eigenvalue weighted by Gasteiger charge is 2.19. The van der Waals surface area contributed by atoms with Crippen molar-refractivity contribution in [1.29, 1.82) is 0 Å². The molecule has 0 aromatic heterocycles. The van der Waals surface area contributed by atoms with Gasteiger partial charge < -0.3 is 14.6 Å². The van der Waals surface area contributed by atoms with Gasteiger partial charge in [0, 0.05) is 19.6 Å². The number of aryl methyl sites for hydroxylation is 2. The number of hydrogen-bond acceptors (Lipinski definition) is 4. The number of hydrogen-bond donors (Lipinski definition) is 1. The summed E-state index contributed by atoms with van der Waals surface area (Å²) < 4.78 is 10.6. The molecule has 1 heterocycles. The van der Waals surface area contributed by atoms with Crippen LogP contribution in [0.25, 0.3) is 0 Å². The number of methoxy groups -OCH3 is 1. The zero-order valence-corrected chi connectivity index (χ0v) is 12.0. The predicted octanol–water partition coefficient (Wildman–Crippen LogP) is 1.68. The summed E-state index contributed by atoms with van der Waals surface area (Å²) in [6.45, 7) is 8.01. The first-order valence-corrected chi connectivity index (χ1v) is 6.75. The average Bonchev–Trinajstić information content (AvgIpc) is 2.38. The van der Waals surface area contributed by atoms with E-state index in [4.69, 9.17) is 9.47 Å². The fraction of sp³-hybridized carbons (Fsp3) is 0.600. The lowest BCUT2D eigenvalue weighted by molar-refractivity contribution is 0.0141. The van der Waals surface area contributed by atoms with Crippen LogP contribution in [0.3, 0.4) is 0 Å². The third-order valence-corrected chi connectivity index (χ3v) is 3.67. The Bertz CT molecular complexity index is 404. The van der Waals surface area contributed by atoms with Gasteiger partial charge >= 0.3 is 0 Å². The van der Waals surface area contributed by atoms with Gasteiger partial charge in [-0.2, -0.15) is 0 Å². The van der Waals surface area contributed by atoms with Crippen molar-refractivity contribution in [2.24, 2.45) is 0 Å². The summed E-state index contributed by atoms with van der Waals surface area (Å²) in [6, 6.07) is 3.95. The summed E-state index contributed by atoms with van der Waals surface area (Å²) >= 11 is 0. The van der Waals surface area contributed by atoms with Crippen LogP contribution in [0.4, 0.5) is 0 Å². The van der Waals surface area contributed by atoms with Crippen molar-refractivity contribution >= 4 is 0 Å². The number of morpholine rings is 1. The number of rotatable bonds is 4. The van der Waals surface area contributed by atoms with E-state index in [1.807, 2.05) is 26.0 Å². The van der Waals surface area contributed by atoms with Crippen LogP contribution < -0.4 is 4.74 Å². The van der Waals surface area contributed by atoms with Gasteiger partial charge in [0.25, 0.3) is 0 Å². The summed E-state index contributed by atoms with van der Waals surface area (Å²) in [4.78, 5) is 2.25. The Balaban J connectivity index is 2.11. The molecule has 0 bridgehead atoms. The van der Waals surface area contributed by atoms with Crippen LogP contribution in [0.1, 0.15) is 22.8 Å². The van der Waals surface area contributed by atoms with Gasteiger partial charge in [0.05, 0.1) is 26.4 Å². The second kappa shape index (κ2) is 6.37. The zero-order chi connectivity index (χ0) is 13.8. The van der Waals surface area contributed by atoms with E-state index in [0.29, 0.717) is 6.54 Å². The normalized spacial score (nSPS) is 18.3. The van der Waals surface area contributed by atoms with Crippen molar-refractivity contribution in [2.45, 2.75) is 20.0 Å². The van der Waals surface area contributed by atoms with Gasteiger partial charge in [0.2, 0.25) is 0 Å². The van der Waals surface area contributed by atoms with Crippen LogP contribution in [-0.4, -0.2) is 50.0 Å². The van der Waals surface area contributed by atoms with Gasteiger partial charge in [-0.25, -0.2) is 0 Å². The van der Waals surface area contributed by atoms with Crippen LogP contribution in [0.2, 0.25) is 0 Å². The molecule has 4 nitrogen and oxygen atoms in total. The molecule has 0 spiro atoms. The molecule has 106 valence electrons. The molecule has 0 amide bonds. The Morgan fingerprint density at radius 2 is 1.84 bits per heavy atom. The van der Waals surface area contributed by atoms with Crippen LogP contribution in [0, 0.1) is 13.8 Å². The summed E-state index contributed by atoms with van der Waals surface area (Å²) in [7, 11) is 1.66. The topological polar surface area (TPSA) is 41.9 Å². The Morgan fingerprint density at radius 1 is 1.26 bits per heavy atom. The Hall–Kier alpha value is -1.10. The van der Waals surface area contributed by atoms with Crippen LogP contribution in [0.5, 0.6) is 5.75 Å². The van der Waals surface area contributed by atoms with Gasteiger partial charge in [-0.3, -0.25) is 4.90 Å². The molecule has 1 N–H and O–H groups in total. The van der Waals surface area contributed by atoms with Crippen molar-refractivity contribution in [3.05, 3.63) is 28.8 Å². The highest BCUT2D eigenvalue weighted by Crippen LogP contribution is 2.27. The first-order valence-electron chi connectivity index (χ1n) is 6.75. The lowest BCUT2D eigenvalue weighted by atomic mass is 9.97. The number of ether oxygens (including phenoxy) is 2. The maximum Gasteiger partial charge on any atom is 0.119 e. The third kappa shape index (κ3) is 3.47. The number of aliphatic hydroxyl groups is 1. The minimum Gasteiger partial charge on any atom is -0.497 e. The largest absolute Gasteiger partial charge is 0.497 e. The molecule has 1 unspecified atom stereocenters. The Kier molecular flexibility index (Phi) is 4.80. The van der Waals surface area contributed by atoms with E-state index in [1.54, 1.807) is 7.11 Å². The summed E-state index contributed by atoms with van der Waals surface area (Å²) in [5.41, 5.74) is 3.18. The molecule has 0 saturated carbocycles. The van der Waals surface area contributed by atoms with Crippen LogP contribution >= 0.6 is 0 Å². The molecule has 1 aliphatic rings. The van der Waals surface area contributed by atoms with Crippen molar-refractivity contribution in [1.82, 2.24) is 4.90 Å². The van der Waals surface area contributed by atoms with Crippen molar-refractivity contribution in [2.75, 3.05) is 40.0 Å². The maximum absolute atomic E-state index is 10.5. The molecule has 1 fully saturated rings. The van der Waals surface area contributed by atoms with Crippen molar-refractivity contribution < 1.29 is 14.6 Å². The molecule has 1 saturated heterocycles. The molecule has 1 aromatic rings. The highest BCUT2D eigenvalue weighted by atomic mass is 16.5. The average molecular weight is 265 g/mol. The smallest absolute Gasteiger partial charge is 0.119 e. The van der Waals surface area contributed by atoms with Gasteiger partial charge in [0.15, 0.2) is 0 Å². The first-order chi connectivity index (χ1) is 9.11. The number of nitrogens with zero attached hydrogens (tertiary/aromatic N) is 1. The molecular formula is C15H23NO3. The summed E-state index contributed by atoms with van der Waals surface area (Å²) in [5.74, 6) is 0.845. The van der Waals surface area contributed by atoms with Crippen molar-refractivity contribution in [3.63, 3.8) is 0 Å². The zero-order valence-electron chi connectivity index (χ0n) is 12.0. The molecule has 1 aromatic carbocycles. The van der Waals surface area contributed by atoms with Gasteiger partial charge in [-0.15, -0.1) is 0 Å². The second-order valence-corrected chi connectivity index (χ2v) is 5.10. The molecule has 0 radical (unpaired) electrons. The fourth-order valence-corrected chi connectivity index (χ4v) is 2.70. The minimum atomic E-state index is -0.455. The molecule has 2 rings (SSSR count). The summed E-state index contributed by atoms with van der Waals surface area (Å²) in [6.07, 6.45) is -0.455. The predicted molar refractivity (Wildman–Crippen MR) is 74.7 cm³/mol. The lowest BCUT2D eigenvalue weighted by Crippen LogP contribution is -2.39. The monoisotopic (exact) mass is 265 g/mol. The number of benzene rings is 1. The molecule has 4 heteroatoms. The van der Waals surface area contributed by atoms with Gasteiger partial charge in [-0.05, 0) is 42.7 Å². The van der Waals surface area contributed by atoms with Gasteiger partial charge in [0.1, 0.15) is 5.75 Å². The quantitative estimate of drug-likeness (QED) is 0.899. The standard InChI is InChI=1S/C15H23NO3/c1-11-8-13(18-3)9-12(2)15(11)14(17)10-16-4-6-19-7-5-16/h8-9,14,17H,4-7,10H2,1-3H3. The van der Waals surface area contributed by atoms with E-state index in [9.17, 15) is 5.11 Å². The number of aliphatic hydroxyl groups excluding tert-OH is 1. The highest BCUT2D eigenvalue weighted by molar-refractivity contribution is 5.42. The van der Waals surface area contributed by atoms with E-state index in [1.165, 1.54) is 0 Å². The number of β-amino-alcohol motifs (C(OH)–C–C–N with tert-alkyl or cyclic N) is 1. The maximum atomic E-state index is 10.5. The Labute approximate surface area is 114 Å². The first kappa shape index (κ1) is 14.3. The molecule has 0 aliphatic carbocycles. The summed E-state index contributed by atoms with van der Waals surface area (Å²) in [5, 5.41) is 10.5. The second-order valence-electron chi connectivity index (χ2n) is 5.10. The third-order valence-electron chi connectivity index (χ3n) is 3.67. The van der Waals surface area contributed by atoms with E-state index >= 15 is 0 Å². The van der Waals surface area contributed by atoms with E-state index in [0.717, 1.165) is 48.7 Å². The van der Waals surface area contributed by atoms with E-state index in [2.05, 4.69) is 4.90 Å². The Morgan fingerprint density at radius 3 is 2.37 bits per heavy atom.